The van der Waals surface area contributed by atoms with Crippen molar-refractivity contribution in [3.8, 4) is 0 Å². The van der Waals surface area contributed by atoms with Crippen LogP contribution in [0.25, 0.3) is 0 Å². The maximum atomic E-state index is 8.07. The molecule has 0 aliphatic carbocycles. The molecule has 0 aromatic heterocycles. The van der Waals surface area contributed by atoms with E-state index in [-0.39, 0.29) is 29.7 Å². The van der Waals surface area contributed by atoms with Gasteiger partial charge in [0.05, 0.1) is 13.2 Å². The first-order chi connectivity index (χ1) is 2.91. The summed E-state index contributed by atoms with van der Waals surface area (Å²) in [6.07, 6.45) is 0. The summed E-state index contributed by atoms with van der Waals surface area (Å²) in [6, 6.07) is 0. The minimum Gasteiger partial charge on any atom is -0.394 e. The average molecular weight is 114 g/mol. The summed E-state index contributed by atoms with van der Waals surface area (Å²) in [4.78, 5) is 0. The van der Waals surface area contributed by atoms with Gasteiger partial charge in [-0.2, -0.15) is 0 Å². The van der Waals surface area contributed by atoms with E-state index in [1.165, 1.54) is 0 Å². The Morgan fingerprint density at radius 3 is 2.29 bits per heavy atom. The SMILES string of the molecule is CCOCCO.[Mg]. The highest BCUT2D eigenvalue weighted by Crippen LogP contribution is 1.66. The maximum absolute atomic E-state index is 8.07. The highest BCUT2D eigenvalue weighted by Gasteiger charge is 1.73. The molecule has 0 fully saturated rings. The molecule has 0 rings (SSSR count). The molecule has 2 nitrogen and oxygen atoms in total. The largest absolute Gasteiger partial charge is 0.394 e. The van der Waals surface area contributed by atoms with Crippen LogP contribution in [0.4, 0.5) is 0 Å². The Hall–Kier alpha value is 0.686. The molecule has 2 radical (unpaired) electrons. The fraction of sp³-hybridized carbons (Fsp3) is 1.00. The van der Waals surface area contributed by atoms with E-state index in [9.17, 15) is 0 Å². The highest BCUT2D eigenvalue weighted by molar-refractivity contribution is 5.75. The number of ether oxygens (including phenoxy) is 1. The minimum atomic E-state index is 0. The van der Waals surface area contributed by atoms with Crippen molar-refractivity contribution in [3.05, 3.63) is 0 Å². The van der Waals surface area contributed by atoms with E-state index in [1.54, 1.807) is 0 Å². The molecule has 0 aliphatic rings. The van der Waals surface area contributed by atoms with E-state index in [0.717, 1.165) is 0 Å². The van der Waals surface area contributed by atoms with E-state index in [0.29, 0.717) is 13.2 Å². The second-order valence-corrected chi connectivity index (χ2v) is 0.921. The zero-order valence-electron chi connectivity index (χ0n) is 4.68. The lowest BCUT2D eigenvalue weighted by atomic mass is 10.8. The summed E-state index contributed by atoms with van der Waals surface area (Å²) >= 11 is 0. The van der Waals surface area contributed by atoms with Gasteiger partial charge in [-0.15, -0.1) is 0 Å². The lowest BCUT2D eigenvalue weighted by Crippen LogP contribution is -1.96. The van der Waals surface area contributed by atoms with Gasteiger partial charge < -0.3 is 9.84 Å². The van der Waals surface area contributed by atoms with Crippen LogP contribution in [-0.4, -0.2) is 48.0 Å². The summed E-state index contributed by atoms with van der Waals surface area (Å²) < 4.78 is 4.73. The Labute approximate surface area is 60.0 Å². The molecule has 0 aromatic rings. The van der Waals surface area contributed by atoms with Crippen LogP contribution in [0.15, 0.2) is 0 Å². The number of aliphatic hydroxyl groups is 1. The molecule has 0 saturated heterocycles. The molecular weight excluding hydrogens is 104 g/mol. The summed E-state index contributed by atoms with van der Waals surface area (Å²) in [6.45, 7) is 3.20. The maximum Gasteiger partial charge on any atom is 0.0697 e. The van der Waals surface area contributed by atoms with Crippen molar-refractivity contribution in [2.24, 2.45) is 0 Å². The molecule has 1 N–H and O–H groups in total. The fourth-order valence-corrected chi connectivity index (χ4v) is 0.209. The molecule has 0 aliphatic heterocycles. The van der Waals surface area contributed by atoms with Crippen LogP contribution >= 0.6 is 0 Å². The predicted molar refractivity (Wildman–Crippen MR) is 29.3 cm³/mol. The third kappa shape index (κ3) is 10.8. The van der Waals surface area contributed by atoms with Crippen LogP contribution in [-0.2, 0) is 4.74 Å². The van der Waals surface area contributed by atoms with Crippen LogP contribution < -0.4 is 0 Å². The average Bonchev–Trinajstić information content (AvgIpc) is 1.61. The molecule has 3 heteroatoms. The van der Waals surface area contributed by atoms with Crippen molar-refractivity contribution < 1.29 is 9.84 Å². The van der Waals surface area contributed by atoms with Crippen LogP contribution in [0.5, 0.6) is 0 Å². The number of rotatable bonds is 3. The Morgan fingerprint density at radius 1 is 1.57 bits per heavy atom. The first-order valence-corrected chi connectivity index (χ1v) is 2.10. The topological polar surface area (TPSA) is 29.5 Å². The summed E-state index contributed by atoms with van der Waals surface area (Å²) in [5.41, 5.74) is 0. The zero-order chi connectivity index (χ0) is 4.83. The summed E-state index contributed by atoms with van der Waals surface area (Å²) in [7, 11) is 0. The van der Waals surface area contributed by atoms with Gasteiger partial charge in [-0.25, -0.2) is 0 Å². The van der Waals surface area contributed by atoms with Gasteiger partial charge in [0.2, 0.25) is 0 Å². The third-order valence-electron chi connectivity index (χ3n) is 0.440. The number of hydrogen-bond donors (Lipinski definition) is 1. The smallest absolute Gasteiger partial charge is 0.0697 e. The van der Waals surface area contributed by atoms with Crippen molar-refractivity contribution in [2.45, 2.75) is 6.92 Å². The number of aliphatic hydroxyl groups excluding tert-OH is 1. The molecule has 0 spiro atoms. The van der Waals surface area contributed by atoms with E-state index >= 15 is 0 Å². The van der Waals surface area contributed by atoms with Gasteiger partial charge in [-0.1, -0.05) is 0 Å². The zero-order valence-corrected chi connectivity index (χ0v) is 6.10. The highest BCUT2D eigenvalue weighted by atomic mass is 24.3. The van der Waals surface area contributed by atoms with Crippen LogP contribution in [0.1, 0.15) is 6.92 Å². The molecule has 0 heterocycles. The minimum absolute atomic E-state index is 0. The van der Waals surface area contributed by atoms with E-state index in [1.807, 2.05) is 6.92 Å². The van der Waals surface area contributed by atoms with Gasteiger partial charge in [0, 0.05) is 29.7 Å². The summed E-state index contributed by atoms with van der Waals surface area (Å²) in [5.74, 6) is 0. The molecule has 0 atom stereocenters. The Bertz CT molecular complexity index is 21.7. The summed E-state index contributed by atoms with van der Waals surface area (Å²) in [5, 5.41) is 8.07. The van der Waals surface area contributed by atoms with Gasteiger partial charge in [-0.3, -0.25) is 0 Å². The quantitative estimate of drug-likeness (QED) is 0.401. The van der Waals surface area contributed by atoms with Gasteiger partial charge >= 0.3 is 0 Å². The second kappa shape index (κ2) is 9.84. The lowest BCUT2D eigenvalue weighted by Gasteiger charge is -1.91. The first kappa shape index (κ1) is 10.6. The van der Waals surface area contributed by atoms with Gasteiger partial charge in [0.25, 0.3) is 0 Å². The normalized spacial score (nSPS) is 7.71. The number of hydrogen-bond acceptors (Lipinski definition) is 2. The standard InChI is InChI=1S/C4H10O2.Mg/c1-2-6-4-3-5;/h5H,2-4H2,1H3;. The van der Waals surface area contributed by atoms with Crippen molar-refractivity contribution in [1.29, 1.82) is 0 Å². The molecule has 0 saturated carbocycles. The Kier molecular flexibility index (Phi) is 14.9. The molecule has 0 bridgehead atoms. The lowest BCUT2D eigenvalue weighted by molar-refractivity contribution is 0.102. The van der Waals surface area contributed by atoms with Crippen LogP contribution in [0.2, 0.25) is 0 Å². The van der Waals surface area contributed by atoms with Crippen molar-refractivity contribution in [2.75, 3.05) is 19.8 Å². The van der Waals surface area contributed by atoms with E-state index in [4.69, 9.17) is 9.84 Å². The molecule has 0 aromatic carbocycles. The first-order valence-electron chi connectivity index (χ1n) is 2.10. The van der Waals surface area contributed by atoms with E-state index in [2.05, 4.69) is 0 Å². The van der Waals surface area contributed by atoms with Crippen LogP contribution in [0, 0.1) is 0 Å². The Morgan fingerprint density at radius 2 is 2.14 bits per heavy atom. The van der Waals surface area contributed by atoms with Crippen molar-refractivity contribution in [1.82, 2.24) is 0 Å². The molecule has 0 unspecified atom stereocenters. The van der Waals surface area contributed by atoms with Crippen molar-refractivity contribution >= 4 is 23.1 Å². The van der Waals surface area contributed by atoms with E-state index < -0.39 is 0 Å². The molecular formula is C4H10MgO2. The second-order valence-electron chi connectivity index (χ2n) is 0.921. The predicted octanol–water partition coefficient (Wildman–Crippen LogP) is -0.366. The molecule has 0 amide bonds. The molecule has 7 heavy (non-hydrogen) atoms. The van der Waals surface area contributed by atoms with Crippen molar-refractivity contribution in [3.63, 3.8) is 0 Å². The van der Waals surface area contributed by atoms with Gasteiger partial charge in [-0.05, 0) is 6.92 Å². The van der Waals surface area contributed by atoms with Gasteiger partial charge in [0.1, 0.15) is 0 Å². The third-order valence-corrected chi connectivity index (χ3v) is 0.440. The monoisotopic (exact) mass is 114 g/mol. The van der Waals surface area contributed by atoms with Crippen LogP contribution in [0.3, 0.4) is 0 Å². The molecule has 40 valence electrons. The van der Waals surface area contributed by atoms with Gasteiger partial charge in [0.15, 0.2) is 0 Å². The Balaban J connectivity index is 0. The fourth-order valence-electron chi connectivity index (χ4n) is 0.209.